The Balaban J connectivity index is 2.75. The van der Waals surface area contributed by atoms with Gasteiger partial charge in [-0.25, -0.2) is 0 Å². The quantitative estimate of drug-likeness (QED) is 0.356. The standard InChI is InChI=1S/C23H21F12N3O/c24-20(25,26)14-3-12(4-15(7-14)21(27,28)29)9-19(11-37,18(39)38-2-1-36)10-13-5-16(22(30,31)32)8-17(6-13)23(33,34)35/h3-8H,1-2,9-11,36-37H2,(H,38,39). The molecule has 4 nitrogen and oxygen atoms in total. The van der Waals surface area contributed by atoms with Crippen LogP contribution in [0, 0.1) is 5.41 Å². The number of alkyl halides is 12. The van der Waals surface area contributed by atoms with Crippen LogP contribution in [0.1, 0.15) is 33.4 Å². The van der Waals surface area contributed by atoms with Gasteiger partial charge in [0.25, 0.3) is 0 Å². The van der Waals surface area contributed by atoms with E-state index in [1.54, 1.807) is 0 Å². The van der Waals surface area contributed by atoms with Gasteiger partial charge in [0, 0.05) is 19.6 Å². The lowest BCUT2D eigenvalue weighted by molar-refractivity contribution is -0.144. The molecule has 2 rings (SSSR count). The SMILES string of the molecule is NCCNC(=O)C(CN)(Cc1cc(C(F)(F)F)cc(C(F)(F)F)c1)Cc1cc(C(F)(F)F)cc(C(F)(F)F)c1. The Kier molecular flexibility index (Phi) is 9.28. The molecular weight excluding hydrogens is 562 g/mol. The Morgan fingerprint density at radius 1 is 0.590 bits per heavy atom. The van der Waals surface area contributed by atoms with E-state index in [0.29, 0.717) is 24.3 Å². The highest BCUT2D eigenvalue weighted by Crippen LogP contribution is 2.40. The Labute approximate surface area is 213 Å². The van der Waals surface area contributed by atoms with Gasteiger partial charge in [-0.1, -0.05) is 0 Å². The Morgan fingerprint density at radius 3 is 1.13 bits per heavy atom. The molecule has 0 fully saturated rings. The zero-order chi connectivity index (χ0) is 30.0. The first-order valence-corrected chi connectivity index (χ1v) is 10.9. The highest BCUT2D eigenvalue weighted by molar-refractivity contribution is 5.83. The molecule has 2 aromatic rings. The van der Waals surface area contributed by atoms with E-state index in [-0.39, 0.29) is 25.2 Å². The van der Waals surface area contributed by atoms with Crippen LogP contribution in [0.3, 0.4) is 0 Å². The lowest BCUT2D eigenvalue weighted by atomic mass is 9.74. The minimum Gasteiger partial charge on any atom is -0.354 e. The van der Waals surface area contributed by atoms with Gasteiger partial charge in [0.05, 0.1) is 27.7 Å². The summed E-state index contributed by atoms with van der Waals surface area (Å²) in [4.78, 5) is 13.1. The molecule has 0 bridgehead atoms. The number of hydrogen-bond acceptors (Lipinski definition) is 3. The largest absolute Gasteiger partial charge is 0.416 e. The molecule has 5 N–H and O–H groups in total. The summed E-state index contributed by atoms with van der Waals surface area (Å²) in [5.41, 5.74) is 0.309. The molecule has 0 atom stereocenters. The van der Waals surface area contributed by atoms with Crippen molar-refractivity contribution in [2.75, 3.05) is 19.6 Å². The molecule has 0 spiro atoms. The van der Waals surface area contributed by atoms with E-state index in [1.165, 1.54) is 0 Å². The highest BCUT2D eigenvalue weighted by Gasteiger charge is 2.42. The van der Waals surface area contributed by atoms with Crippen LogP contribution in [-0.4, -0.2) is 25.5 Å². The van der Waals surface area contributed by atoms with E-state index < -0.39 is 88.8 Å². The molecule has 0 saturated carbocycles. The second-order valence-electron chi connectivity index (χ2n) is 8.71. The molecule has 1 amide bonds. The van der Waals surface area contributed by atoms with Gasteiger partial charge < -0.3 is 16.8 Å². The molecule has 0 saturated heterocycles. The number of benzene rings is 2. The Morgan fingerprint density at radius 2 is 0.897 bits per heavy atom. The molecule has 218 valence electrons. The van der Waals surface area contributed by atoms with Crippen LogP contribution < -0.4 is 16.8 Å². The molecular formula is C23H21F12N3O. The Hall–Kier alpha value is -3.01. The van der Waals surface area contributed by atoms with Crippen LogP contribution in [0.25, 0.3) is 0 Å². The highest BCUT2D eigenvalue weighted by atomic mass is 19.4. The average Bonchev–Trinajstić information content (AvgIpc) is 2.79. The van der Waals surface area contributed by atoms with E-state index in [4.69, 9.17) is 11.5 Å². The topological polar surface area (TPSA) is 81.1 Å². The van der Waals surface area contributed by atoms with Crippen LogP contribution in [0.4, 0.5) is 52.7 Å². The van der Waals surface area contributed by atoms with E-state index in [2.05, 4.69) is 5.32 Å². The van der Waals surface area contributed by atoms with Crippen molar-refractivity contribution in [2.45, 2.75) is 37.5 Å². The van der Waals surface area contributed by atoms with Gasteiger partial charge in [-0.05, 0) is 60.4 Å². The molecule has 0 aliphatic heterocycles. The predicted molar refractivity (Wildman–Crippen MR) is 114 cm³/mol. The monoisotopic (exact) mass is 583 g/mol. The third kappa shape index (κ3) is 8.24. The van der Waals surface area contributed by atoms with Crippen molar-refractivity contribution < 1.29 is 57.5 Å². The smallest absolute Gasteiger partial charge is 0.354 e. The van der Waals surface area contributed by atoms with Crippen molar-refractivity contribution in [1.29, 1.82) is 0 Å². The van der Waals surface area contributed by atoms with Crippen LogP contribution in [0.15, 0.2) is 36.4 Å². The van der Waals surface area contributed by atoms with Gasteiger partial charge in [0.1, 0.15) is 0 Å². The third-order valence-corrected chi connectivity index (χ3v) is 5.68. The van der Waals surface area contributed by atoms with Crippen molar-refractivity contribution in [3.63, 3.8) is 0 Å². The number of rotatable bonds is 8. The third-order valence-electron chi connectivity index (χ3n) is 5.68. The summed E-state index contributed by atoms with van der Waals surface area (Å²) < 4.78 is 160. The molecule has 39 heavy (non-hydrogen) atoms. The second-order valence-corrected chi connectivity index (χ2v) is 8.71. The average molecular weight is 583 g/mol. The number of amides is 1. The fraction of sp³-hybridized carbons (Fsp3) is 0.435. The maximum atomic E-state index is 13.3. The summed E-state index contributed by atoms with van der Waals surface area (Å²) in [5, 5.41) is 2.21. The lowest BCUT2D eigenvalue weighted by Crippen LogP contribution is -2.50. The van der Waals surface area contributed by atoms with Crippen LogP contribution >= 0.6 is 0 Å². The lowest BCUT2D eigenvalue weighted by Gasteiger charge is -2.32. The molecule has 0 aromatic heterocycles. The number of halogens is 12. The van der Waals surface area contributed by atoms with E-state index in [9.17, 15) is 57.5 Å². The van der Waals surface area contributed by atoms with Gasteiger partial charge in [0.2, 0.25) is 5.91 Å². The number of nitrogens with two attached hydrogens (primary N) is 2. The zero-order valence-corrected chi connectivity index (χ0v) is 19.6. The van der Waals surface area contributed by atoms with Gasteiger partial charge in [-0.3, -0.25) is 4.79 Å². The number of carbonyl (C=O) groups is 1. The molecule has 0 heterocycles. The fourth-order valence-electron chi connectivity index (χ4n) is 3.86. The van der Waals surface area contributed by atoms with E-state index in [1.807, 2.05) is 0 Å². The van der Waals surface area contributed by atoms with Crippen molar-refractivity contribution in [3.05, 3.63) is 69.8 Å². The minimum atomic E-state index is -5.26. The zero-order valence-electron chi connectivity index (χ0n) is 19.6. The molecule has 16 heteroatoms. The summed E-state index contributed by atoms with van der Waals surface area (Å²) in [7, 11) is 0. The summed E-state index contributed by atoms with van der Waals surface area (Å²) in [5.74, 6) is -1.15. The van der Waals surface area contributed by atoms with Crippen molar-refractivity contribution in [2.24, 2.45) is 16.9 Å². The normalized spacial score (nSPS) is 13.5. The van der Waals surface area contributed by atoms with Gasteiger partial charge in [-0.2, -0.15) is 52.7 Å². The summed E-state index contributed by atoms with van der Waals surface area (Å²) in [6, 6.07) is 0.827. The Bertz CT molecular complexity index is 1020. The van der Waals surface area contributed by atoms with E-state index >= 15 is 0 Å². The summed E-state index contributed by atoms with van der Waals surface area (Å²) >= 11 is 0. The summed E-state index contributed by atoms with van der Waals surface area (Å²) in [6.45, 7) is -1.36. The first kappa shape index (κ1) is 32.2. The molecule has 0 radical (unpaired) electrons. The van der Waals surface area contributed by atoms with Crippen molar-refractivity contribution in [3.8, 4) is 0 Å². The summed E-state index contributed by atoms with van der Waals surface area (Å²) in [6.07, 6.45) is -23.0. The van der Waals surface area contributed by atoms with Crippen LogP contribution in [0.5, 0.6) is 0 Å². The van der Waals surface area contributed by atoms with Crippen LogP contribution in [-0.2, 0) is 42.3 Å². The number of nitrogens with one attached hydrogen (secondary N) is 1. The van der Waals surface area contributed by atoms with Gasteiger partial charge in [0.15, 0.2) is 0 Å². The van der Waals surface area contributed by atoms with Crippen LogP contribution in [0.2, 0.25) is 0 Å². The van der Waals surface area contributed by atoms with Gasteiger partial charge >= 0.3 is 24.7 Å². The predicted octanol–water partition coefficient (Wildman–Crippen LogP) is 5.57. The molecule has 2 aromatic carbocycles. The van der Waals surface area contributed by atoms with Crippen molar-refractivity contribution in [1.82, 2.24) is 5.32 Å². The fourth-order valence-corrected chi connectivity index (χ4v) is 3.86. The number of hydrogen-bond donors (Lipinski definition) is 3. The van der Waals surface area contributed by atoms with Crippen molar-refractivity contribution >= 4 is 5.91 Å². The first-order valence-electron chi connectivity index (χ1n) is 10.9. The molecule has 0 aliphatic rings. The maximum absolute atomic E-state index is 13.3. The molecule has 0 unspecified atom stereocenters. The van der Waals surface area contributed by atoms with Gasteiger partial charge in [-0.15, -0.1) is 0 Å². The van der Waals surface area contributed by atoms with E-state index in [0.717, 1.165) is 0 Å². The molecule has 0 aliphatic carbocycles. The first-order chi connectivity index (χ1) is 17.6. The second kappa shape index (κ2) is 11.2. The number of carbonyl (C=O) groups excluding carboxylic acids is 1. The maximum Gasteiger partial charge on any atom is 0.416 e. The minimum absolute atomic E-state index is 0.176.